The second kappa shape index (κ2) is 9.73. The van der Waals surface area contributed by atoms with Crippen LogP contribution in [-0.4, -0.2) is 56.3 Å². The van der Waals surface area contributed by atoms with Gasteiger partial charge in [-0.3, -0.25) is 9.69 Å². The summed E-state index contributed by atoms with van der Waals surface area (Å²) >= 11 is 11.9. The van der Waals surface area contributed by atoms with Crippen LogP contribution in [0.1, 0.15) is 5.56 Å². The van der Waals surface area contributed by atoms with Gasteiger partial charge in [0.1, 0.15) is 0 Å². The summed E-state index contributed by atoms with van der Waals surface area (Å²) < 4.78 is 26.4. The molecule has 2 aromatic carbocycles. The van der Waals surface area contributed by atoms with Crippen LogP contribution in [0.15, 0.2) is 53.9 Å². The summed E-state index contributed by atoms with van der Waals surface area (Å²) in [4.78, 5) is 14.2. The smallest absolute Gasteiger partial charge is 0.238 e. The highest BCUT2D eigenvalue weighted by atomic mass is 35.5. The number of hydrogen-bond donors (Lipinski definition) is 1. The molecule has 0 atom stereocenters. The third-order valence-electron chi connectivity index (χ3n) is 4.44. The second-order valence-corrected chi connectivity index (χ2v) is 9.33. The van der Waals surface area contributed by atoms with Crippen molar-refractivity contribution in [2.24, 2.45) is 0 Å². The maximum Gasteiger partial charge on any atom is 0.238 e. The molecule has 0 aromatic heterocycles. The fourth-order valence-electron chi connectivity index (χ4n) is 2.99. The number of carbonyl (C=O) groups excluding carboxylic acids is 1. The lowest BCUT2D eigenvalue weighted by atomic mass is 10.2. The van der Waals surface area contributed by atoms with E-state index in [1.54, 1.807) is 24.3 Å². The molecule has 9 heteroatoms. The first kappa shape index (κ1) is 21.8. The molecule has 0 spiro atoms. The minimum atomic E-state index is -3.50. The number of hydrogen-bond acceptors (Lipinski definition) is 4. The van der Waals surface area contributed by atoms with Crippen molar-refractivity contribution in [3.05, 3.63) is 69.5 Å². The molecule has 0 radical (unpaired) electrons. The van der Waals surface area contributed by atoms with E-state index in [0.717, 1.165) is 5.56 Å². The molecule has 1 saturated heterocycles. The van der Waals surface area contributed by atoms with Crippen molar-refractivity contribution in [1.29, 1.82) is 0 Å². The molecule has 29 heavy (non-hydrogen) atoms. The molecule has 0 bridgehead atoms. The van der Waals surface area contributed by atoms with E-state index >= 15 is 0 Å². The molecule has 1 fully saturated rings. The fourth-order valence-corrected chi connectivity index (χ4v) is 4.69. The zero-order valence-electron chi connectivity index (χ0n) is 15.6. The second-order valence-electron chi connectivity index (χ2n) is 6.64. The first-order valence-corrected chi connectivity index (χ1v) is 11.3. The fraction of sp³-hybridized carbons (Fsp3) is 0.250. The summed E-state index contributed by atoms with van der Waals surface area (Å²) in [6.07, 6.45) is 1.59. The number of anilines is 1. The van der Waals surface area contributed by atoms with Crippen molar-refractivity contribution in [1.82, 2.24) is 9.21 Å². The van der Waals surface area contributed by atoms with Gasteiger partial charge in [-0.15, -0.1) is 0 Å². The van der Waals surface area contributed by atoms with E-state index in [-0.39, 0.29) is 12.5 Å². The van der Waals surface area contributed by atoms with E-state index in [1.807, 2.05) is 35.2 Å². The minimum Gasteiger partial charge on any atom is -0.325 e. The molecule has 1 N–H and O–H groups in total. The normalized spacial score (nSPS) is 16.2. The minimum absolute atomic E-state index is 0.165. The molecular weight excluding hydrogens is 433 g/mol. The maximum absolute atomic E-state index is 12.5. The molecule has 154 valence electrons. The van der Waals surface area contributed by atoms with Gasteiger partial charge in [0.15, 0.2) is 0 Å². The number of sulfonamides is 1. The van der Waals surface area contributed by atoms with Crippen LogP contribution in [0.4, 0.5) is 5.69 Å². The topological polar surface area (TPSA) is 69.7 Å². The Kier molecular flexibility index (Phi) is 7.32. The van der Waals surface area contributed by atoms with Crippen molar-refractivity contribution in [2.45, 2.75) is 0 Å². The van der Waals surface area contributed by atoms with Gasteiger partial charge in [0, 0.05) is 47.3 Å². The monoisotopic (exact) mass is 453 g/mol. The van der Waals surface area contributed by atoms with Crippen molar-refractivity contribution in [2.75, 3.05) is 38.0 Å². The van der Waals surface area contributed by atoms with Crippen molar-refractivity contribution in [3.8, 4) is 0 Å². The SMILES string of the molecule is O=C(CN1CCN(S(=O)(=O)/C=C/c2ccccc2)CC1)Nc1cc(Cl)cc(Cl)c1. The summed E-state index contributed by atoms with van der Waals surface area (Å²) in [6, 6.07) is 14.1. The van der Waals surface area contributed by atoms with Crippen LogP contribution in [-0.2, 0) is 14.8 Å². The predicted molar refractivity (Wildman–Crippen MR) is 118 cm³/mol. The Balaban J connectivity index is 1.50. The Bertz CT molecular complexity index is 969. The molecule has 6 nitrogen and oxygen atoms in total. The summed E-state index contributed by atoms with van der Waals surface area (Å²) in [5.74, 6) is -0.205. The molecule has 2 aromatic rings. The van der Waals surface area contributed by atoms with E-state index in [4.69, 9.17) is 23.2 Å². The van der Waals surface area contributed by atoms with Crippen molar-refractivity contribution >= 4 is 50.9 Å². The van der Waals surface area contributed by atoms with Gasteiger partial charge in [-0.25, -0.2) is 8.42 Å². The molecule has 3 rings (SSSR count). The van der Waals surface area contributed by atoms with Crippen LogP contribution in [0, 0.1) is 0 Å². The number of nitrogens with one attached hydrogen (secondary N) is 1. The van der Waals surface area contributed by atoms with Crippen molar-refractivity contribution in [3.63, 3.8) is 0 Å². The average molecular weight is 454 g/mol. The van der Waals surface area contributed by atoms with Gasteiger partial charge in [0.25, 0.3) is 0 Å². The molecular formula is C20H21Cl2N3O3S. The number of piperazine rings is 1. The standard InChI is InChI=1S/C20H21Cl2N3O3S/c21-17-12-18(22)14-19(13-17)23-20(26)15-24-7-9-25(10-8-24)29(27,28)11-6-16-4-2-1-3-5-16/h1-6,11-14H,7-10,15H2,(H,23,26)/b11-6+. The number of halogens is 2. The lowest BCUT2D eigenvalue weighted by molar-refractivity contribution is -0.117. The Labute approximate surface area is 180 Å². The van der Waals surface area contributed by atoms with Gasteiger partial charge in [0.05, 0.1) is 6.54 Å². The van der Waals surface area contributed by atoms with Gasteiger partial charge in [-0.05, 0) is 29.8 Å². The highest BCUT2D eigenvalue weighted by molar-refractivity contribution is 7.92. The summed E-state index contributed by atoms with van der Waals surface area (Å²) in [5.41, 5.74) is 1.35. The van der Waals surface area contributed by atoms with E-state index in [2.05, 4.69) is 5.32 Å². The van der Waals surface area contributed by atoms with Crippen LogP contribution in [0.25, 0.3) is 6.08 Å². The molecule has 0 aliphatic carbocycles. The third-order valence-corrected chi connectivity index (χ3v) is 6.44. The number of nitrogens with zero attached hydrogens (tertiary/aromatic N) is 2. The van der Waals surface area contributed by atoms with E-state index in [1.165, 1.54) is 9.71 Å². The Morgan fingerprint density at radius 3 is 2.24 bits per heavy atom. The number of benzene rings is 2. The maximum atomic E-state index is 12.5. The first-order chi connectivity index (χ1) is 13.8. The summed E-state index contributed by atoms with van der Waals surface area (Å²) in [6.45, 7) is 1.78. The quantitative estimate of drug-likeness (QED) is 0.725. The summed E-state index contributed by atoms with van der Waals surface area (Å²) in [7, 11) is -3.50. The van der Waals surface area contributed by atoms with E-state index in [9.17, 15) is 13.2 Å². The molecule has 1 amide bonds. The van der Waals surface area contributed by atoms with Gasteiger partial charge in [0.2, 0.25) is 15.9 Å². The average Bonchev–Trinajstić information content (AvgIpc) is 2.67. The Morgan fingerprint density at radius 1 is 1.00 bits per heavy atom. The first-order valence-electron chi connectivity index (χ1n) is 9.03. The Morgan fingerprint density at radius 2 is 1.62 bits per heavy atom. The van der Waals surface area contributed by atoms with Gasteiger partial charge < -0.3 is 5.32 Å². The highest BCUT2D eigenvalue weighted by Gasteiger charge is 2.25. The highest BCUT2D eigenvalue weighted by Crippen LogP contribution is 2.22. The molecule has 0 saturated carbocycles. The van der Waals surface area contributed by atoms with Gasteiger partial charge in [-0.2, -0.15) is 4.31 Å². The zero-order chi connectivity index (χ0) is 20.9. The number of rotatable bonds is 6. The van der Waals surface area contributed by atoms with Crippen LogP contribution in [0.5, 0.6) is 0 Å². The van der Waals surface area contributed by atoms with Crippen LogP contribution in [0.3, 0.4) is 0 Å². The molecule has 1 aliphatic rings. The molecule has 1 heterocycles. The Hall–Kier alpha value is -1.90. The van der Waals surface area contributed by atoms with Crippen molar-refractivity contribution < 1.29 is 13.2 Å². The van der Waals surface area contributed by atoms with Crippen LogP contribution in [0.2, 0.25) is 10.0 Å². The van der Waals surface area contributed by atoms with Crippen LogP contribution >= 0.6 is 23.2 Å². The van der Waals surface area contributed by atoms with Gasteiger partial charge >= 0.3 is 0 Å². The van der Waals surface area contributed by atoms with Crippen LogP contribution < -0.4 is 5.32 Å². The van der Waals surface area contributed by atoms with E-state index in [0.29, 0.717) is 41.9 Å². The number of carbonyl (C=O) groups is 1. The third kappa shape index (κ3) is 6.55. The molecule has 0 unspecified atom stereocenters. The molecule has 1 aliphatic heterocycles. The lowest BCUT2D eigenvalue weighted by Gasteiger charge is -2.32. The summed E-state index contributed by atoms with van der Waals surface area (Å²) in [5, 5.41) is 4.87. The predicted octanol–water partition coefficient (Wildman–Crippen LogP) is 3.55. The number of amides is 1. The van der Waals surface area contributed by atoms with Gasteiger partial charge in [-0.1, -0.05) is 53.5 Å². The zero-order valence-corrected chi connectivity index (χ0v) is 17.9. The lowest BCUT2D eigenvalue weighted by Crippen LogP contribution is -2.49. The van der Waals surface area contributed by atoms with E-state index < -0.39 is 10.0 Å². The largest absolute Gasteiger partial charge is 0.325 e.